The van der Waals surface area contributed by atoms with Gasteiger partial charge in [0.25, 0.3) is 0 Å². The number of hydrogen-bond acceptors (Lipinski definition) is 5. The van der Waals surface area contributed by atoms with Crippen LogP contribution in [-0.4, -0.2) is 20.6 Å². The van der Waals surface area contributed by atoms with E-state index in [0.29, 0.717) is 5.82 Å². The molecule has 0 radical (unpaired) electrons. The van der Waals surface area contributed by atoms with Crippen molar-refractivity contribution in [2.24, 2.45) is 0 Å². The van der Waals surface area contributed by atoms with Crippen LogP contribution in [0.5, 0.6) is 0 Å². The van der Waals surface area contributed by atoms with Gasteiger partial charge in [-0.15, -0.1) is 16.4 Å². The molecule has 0 fully saturated rings. The van der Waals surface area contributed by atoms with E-state index in [4.69, 9.17) is 0 Å². The molecule has 2 heterocycles. The summed E-state index contributed by atoms with van der Waals surface area (Å²) >= 11 is 1.76. The van der Waals surface area contributed by atoms with Crippen molar-refractivity contribution in [3.8, 4) is 11.4 Å². The van der Waals surface area contributed by atoms with E-state index < -0.39 is 0 Å². The van der Waals surface area contributed by atoms with Gasteiger partial charge in [-0.25, -0.2) is 5.10 Å². The van der Waals surface area contributed by atoms with Gasteiger partial charge in [0.15, 0.2) is 11.3 Å². The monoisotopic (exact) mass is 312 g/mol. The smallest absolute Gasteiger partial charge is 0.191 e. The molecule has 6 heteroatoms. The van der Waals surface area contributed by atoms with Crippen molar-refractivity contribution in [3.05, 3.63) is 38.9 Å². The van der Waals surface area contributed by atoms with Gasteiger partial charge in [-0.2, -0.15) is 0 Å². The van der Waals surface area contributed by atoms with Crippen molar-refractivity contribution in [2.75, 3.05) is 0 Å². The number of nitrogens with one attached hydrogen (secondary N) is 1. The van der Waals surface area contributed by atoms with Gasteiger partial charge < -0.3 is 0 Å². The summed E-state index contributed by atoms with van der Waals surface area (Å²) in [5, 5.41) is 14.7. The summed E-state index contributed by atoms with van der Waals surface area (Å²) in [7, 11) is 0. The molecule has 0 atom stereocenters. The zero-order chi connectivity index (χ0) is 14.9. The molecule has 0 aliphatic heterocycles. The second kappa shape index (κ2) is 5.61. The van der Waals surface area contributed by atoms with E-state index >= 15 is 0 Å². The molecule has 22 heavy (non-hydrogen) atoms. The second-order valence-corrected chi connectivity index (χ2v) is 6.84. The van der Waals surface area contributed by atoms with Crippen LogP contribution in [0.1, 0.15) is 36.1 Å². The standard InChI is InChI=1S/C16H16N4OS/c21-15-11-5-3-1-2-4-6-13(11)22-14-9-10(7-8-12(14)15)16-17-19-20-18-16/h7-9H,1-6H2,(H,17,18,19,20). The van der Waals surface area contributed by atoms with E-state index in [9.17, 15) is 4.79 Å². The van der Waals surface area contributed by atoms with E-state index in [1.54, 1.807) is 11.3 Å². The number of aromatic amines is 1. The summed E-state index contributed by atoms with van der Waals surface area (Å²) in [5.74, 6) is 0.633. The number of rotatable bonds is 1. The van der Waals surface area contributed by atoms with Crippen molar-refractivity contribution >= 4 is 21.4 Å². The molecular weight excluding hydrogens is 296 g/mol. The Balaban J connectivity index is 1.90. The first-order chi connectivity index (χ1) is 10.8. The first-order valence-corrected chi connectivity index (χ1v) is 8.47. The minimum atomic E-state index is 0.216. The van der Waals surface area contributed by atoms with E-state index in [1.165, 1.54) is 24.1 Å². The van der Waals surface area contributed by atoms with Gasteiger partial charge in [0.1, 0.15) is 0 Å². The Bertz CT molecular complexity index is 870. The highest BCUT2D eigenvalue weighted by molar-refractivity contribution is 7.18. The first kappa shape index (κ1) is 13.6. The highest BCUT2D eigenvalue weighted by Gasteiger charge is 2.15. The predicted molar refractivity (Wildman–Crippen MR) is 87.1 cm³/mol. The number of hydrogen-bond donors (Lipinski definition) is 1. The Morgan fingerprint density at radius 3 is 2.77 bits per heavy atom. The molecule has 1 N–H and O–H groups in total. The highest BCUT2D eigenvalue weighted by atomic mass is 32.1. The molecule has 5 nitrogen and oxygen atoms in total. The summed E-state index contributed by atoms with van der Waals surface area (Å²) in [6.45, 7) is 0. The largest absolute Gasteiger partial charge is 0.289 e. The summed E-state index contributed by atoms with van der Waals surface area (Å²) in [6, 6.07) is 5.83. The van der Waals surface area contributed by atoms with E-state index in [1.807, 2.05) is 18.2 Å². The molecule has 0 amide bonds. The van der Waals surface area contributed by atoms with Crippen LogP contribution in [-0.2, 0) is 12.8 Å². The van der Waals surface area contributed by atoms with Gasteiger partial charge in [-0.1, -0.05) is 18.9 Å². The Hall–Kier alpha value is -2.08. The maximum absolute atomic E-state index is 12.8. The zero-order valence-corrected chi connectivity index (χ0v) is 12.9. The van der Waals surface area contributed by atoms with E-state index in [-0.39, 0.29) is 5.43 Å². The summed E-state index contributed by atoms with van der Waals surface area (Å²) in [5.41, 5.74) is 2.18. The number of H-pyrrole nitrogens is 1. The Morgan fingerprint density at radius 2 is 1.95 bits per heavy atom. The average molecular weight is 312 g/mol. The van der Waals surface area contributed by atoms with Gasteiger partial charge in [-0.05, 0) is 48.2 Å². The van der Waals surface area contributed by atoms with Crippen molar-refractivity contribution < 1.29 is 0 Å². The van der Waals surface area contributed by atoms with Gasteiger partial charge >= 0.3 is 0 Å². The molecule has 3 aromatic rings. The van der Waals surface area contributed by atoms with Crippen LogP contribution in [0.25, 0.3) is 21.5 Å². The molecule has 0 saturated carbocycles. The minimum absolute atomic E-state index is 0.216. The fraction of sp³-hybridized carbons (Fsp3) is 0.375. The van der Waals surface area contributed by atoms with Crippen molar-refractivity contribution in [3.63, 3.8) is 0 Å². The van der Waals surface area contributed by atoms with Crippen LogP contribution in [0.4, 0.5) is 0 Å². The third kappa shape index (κ3) is 2.33. The molecule has 0 bridgehead atoms. The normalized spacial score (nSPS) is 15.3. The lowest BCUT2D eigenvalue weighted by atomic mass is 9.98. The molecule has 0 spiro atoms. The lowest BCUT2D eigenvalue weighted by Crippen LogP contribution is -2.13. The van der Waals surface area contributed by atoms with Gasteiger partial charge in [0, 0.05) is 26.1 Å². The van der Waals surface area contributed by atoms with E-state index in [2.05, 4.69) is 20.6 Å². The summed E-state index contributed by atoms with van der Waals surface area (Å²) in [6.07, 6.45) is 6.76. The highest BCUT2D eigenvalue weighted by Crippen LogP contribution is 2.29. The maximum Gasteiger partial charge on any atom is 0.191 e. The molecule has 0 unspecified atom stereocenters. The molecule has 1 aromatic carbocycles. The van der Waals surface area contributed by atoms with Crippen LogP contribution >= 0.6 is 11.3 Å². The van der Waals surface area contributed by atoms with Crippen molar-refractivity contribution in [2.45, 2.75) is 38.5 Å². The fourth-order valence-corrected chi connectivity index (χ4v) is 4.39. The SMILES string of the molecule is O=c1c2c(sc3cc(-c4nnn[nH]4)ccc13)CCCCCC2. The van der Waals surface area contributed by atoms with Crippen LogP contribution < -0.4 is 5.43 Å². The average Bonchev–Trinajstić information content (AvgIpc) is 3.03. The summed E-state index contributed by atoms with van der Waals surface area (Å²) in [4.78, 5) is 14.1. The molecular formula is C16H16N4OS. The van der Waals surface area contributed by atoms with Crippen LogP contribution in [0, 0.1) is 0 Å². The zero-order valence-electron chi connectivity index (χ0n) is 12.1. The maximum atomic E-state index is 12.8. The molecule has 112 valence electrons. The third-order valence-electron chi connectivity index (χ3n) is 4.27. The minimum Gasteiger partial charge on any atom is -0.289 e. The number of aryl methyl sites for hydroxylation is 1. The molecule has 2 aromatic heterocycles. The quantitative estimate of drug-likeness (QED) is 0.749. The van der Waals surface area contributed by atoms with Gasteiger partial charge in [0.05, 0.1) is 0 Å². The Kier molecular flexibility index (Phi) is 3.46. The number of nitrogens with zero attached hydrogens (tertiary/aromatic N) is 3. The topological polar surface area (TPSA) is 71.5 Å². The molecule has 1 aliphatic rings. The summed E-state index contributed by atoms with van der Waals surface area (Å²) < 4.78 is 1.03. The van der Waals surface area contributed by atoms with Gasteiger partial charge in [-0.3, -0.25) is 4.79 Å². The fourth-order valence-electron chi connectivity index (χ4n) is 3.10. The number of benzene rings is 1. The van der Waals surface area contributed by atoms with Gasteiger partial charge in [0.2, 0.25) is 0 Å². The Morgan fingerprint density at radius 1 is 1.09 bits per heavy atom. The lowest BCUT2D eigenvalue weighted by Gasteiger charge is -2.13. The van der Waals surface area contributed by atoms with Crippen LogP contribution in [0.2, 0.25) is 0 Å². The van der Waals surface area contributed by atoms with Crippen LogP contribution in [0.3, 0.4) is 0 Å². The number of aromatic nitrogens is 4. The predicted octanol–water partition coefficient (Wildman–Crippen LogP) is 3.10. The van der Waals surface area contributed by atoms with Crippen molar-refractivity contribution in [1.82, 2.24) is 20.6 Å². The molecule has 4 rings (SSSR count). The van der Waals surface area contributed by atoms with Crippen LogP contribution in [0.15, 0.2) is 23.0 Å². The number of fused-ring (bicyclic) bond motifs is 2. The lowest BCUT2D eigenvalue weighted by molar-refractivity contribution is 0.620. The Labute approximate surface area is 131 Å². The van der Waals surface area contributed by atoms with E-state index in [0.717, 1.165) is 40.5 Å². The molecule has 1 aliphatic carbocycles. The molecule has 0 saturated heterocycles. The number of tetrazole rings is 1. The third-order valence-corrected chi connectivity index (χ3v) is 5.52. The first-order valence-electron chi connectivity index (χ1n) is 7.65. The second-order valence-electron chi connectivity index (χ2n) is 5.71. The van der Waals surface area contributed by atoms with Crippen molar-refractivity contribution in [1.29, 1.82) is 0 Å².